The zero-order chi connectivity index (χ0) is 24.6. The number of likely N-dealkylation sites (tertiary alicyclic amines) is 1. The number of H-pyrrole nitrogens is 1. The van der Waals surface area contributed by atoms with Crippen LogP contribution in [0.5, 0.6) is 0 Å². The van der Waals surface area contributed by atoms with Crippen molar-refractivity contribution in [2.45, 2.75) is 25.0 Å². The highest BCUT2D eigenvalue weighted by atomic mass is 16.5. The van der Waals surface area contributed by atoms with E-state index >= 15 is 0 Å². The topological polar surface area (TPSA) is 130 Å². The third kappa shape index (κ3) is 3.77. The van der Waals surface area contributed by atoms with Crippen LogP contribution >= 0.6 is 0 Å². The van der Waals surface area contributed by atoms with Crippen molar-refractivity contribution < 1.29 is 19.1 Å². The van der Waals surface area contributed by atoms with Gasteiger partial charge in [-0.05, 0) is 36.1 Å². The minimum atomic E-state index is -0.736. The van der Waals surface area contributed by atoms with E-state index in [4.69, 9.17) is 10.5 Å². The van der Waals surface area contributed by atoms with Gasteiger partial charge < -0.3 is 20.7 Å². The molecule has 2 atom stereocenters. The van der Waals surface area contributed by atoms with Crippen LogP contribution in [0.4, 0.5) is 0 Å². The number of carbonyl (C=O) groups is 3. The van der Waals surface area contributed by atoms with Gasteiger partial charge in [0.1, 0.15) is 6.23 Å². The van der Waals surface area contributed by atoms with Crippen LogP contribution in [0, 0.1) is 5.41 Å². The normalized spacial score (nSPS) is 21.2. The van der Waals surface area contributed by atoms with E-state index in [1.165, 1.54) is 0 Å². The minimum absolute atomic E-state index is 0.0685. The molecule has 1 aromatic heterocycles. The zero-order valence-electron chi connectivity index (χ0n) is 19.4. The molecular formula is C26H27N5O4. The van der Waals surface area contributed by atoms with Gasteiger partial charge in [-0.15, -0.1) is 0 Å². The summed E-state index contributed by atoms with van der Waals surface area (Å²) >= 11 is 0. The molecule has 2 fully saturated rings. The van der Waals surface area contributed by atoms with Gasteiger partial charge in [0.05, 0.1) is 22.7 Å². The van der Waals surface area contributed by atoms with Crippen LogP contribution in [0.15, 0.2) is 60.9 Å². The van der Waals surface area contributed by atoms with Gasteiger partial charge in [0.25, 0.3) is 5.91 Å². The van der Waals surface area contributed by atoms with Gasteiger partial charge in [0, 0.05) is 37.9 Å². The monoisotopic (exact) mass is 473 g/mol. The molecule has 0 aliphatic carbocycles. The number of hydrogen-bond donors (Lipinski definition) is 3. The van der Waals surface area contributed by atoms with E-state index < -0.39 is 17.6 Å². The van der Waals surface area contributed by atoms with Crippen LogP contribution in [0.2, 0.25) is 0 Å². The van der Waals surface area contributed by atoms with Crippen LogP contribution in [0.1, 0.15) is 45.0 Å². The molecule has 3 amide bonds. The summed E-state index contributed by atoms with van der Waals surface area (Å²) in [6.07, 6.45) is 4.03. The van der Waals surface area contributed by atoms with Crippen molar-refractivity contribution in [3.05, 3.63) is 77.6 Å². The van der Waals surface area contributed by atoms with Crippen LogP contribution in [0.3, 0.4) is 0 Å². The van der Waals surface area contributed by atoms with E-state index in [9.17, 15) is 14.4 Å². The number of nitrogens with two attached hydrogens (primary N) is 1. The Morgan fingerprint density at radius 3 is 2.43 bits per heavy atom. The molecule has 0 radical (unpaired) electrons. The Kier molecular flexibility index (Phi) is 5.86. The molecule has 3 heterocycles. The van der Waals surface area contributed by atoms with E-state index in [1.54, 1.807) is 42.5 Å². The average molecular weight is 474 g/mol. The lowest BCUT2D eigenvalue weighted by Gasteiger charge is -2.42. The summed E-state index contributed by atoms with van der Waals surface area (Å²) in [4.78, 5) is 40.2. The fourth-order valence-corrected chi connectivity index (χ4v) is 5.57. The van der Waals surface area contributed by atoms with Crippen molar-refractivity contribution in [2.75, 3.05) is 20.2 Å². The average Bonchev–Trinajstić information content (AvgIpc) is 3.51. The van der Waals surface area contributed by atoms with Gasteiger partial charge in [0.15, 0.2) is 0 Å². The number of amides is 3. The van der Waals surface area contributed by atoms with Crippen LogP contribution < -0.4 is 11.1 Å². The van der Waals surface area contributed by atoms with Gasteiger partial charge in [-0.2, -0.15) is 5.10 Å². The Balaban J connectivity index is 1.47. The molecule has 0 saturated carbocycles. The molecule has 4 N–H and O–H groups in total. The number of hydrogen-bond acceptors (Lipinski definition) is 5. The lowest BCUT2D eigenvalue weighted by molar-refractivity contribution is -0.130. The Morgan fingerprint density at radius 2 is 1.77 bits per heavy atom. The number of nitrogens with zero attached hydrogens (tertiary/aromatic N) is 2. The molecule has 35 heavy (non-hydrogen) atoms. The summed E-state index contributed by atoms with van der Waals surface area (Å²) < 4.78 is 5.75. The van der Waals surface area contributed by atoms with E-state index in [0.717, 1.165) is 16.7 Å². The lowest BCUT2D eigenvalue weighted by atomic mass is 9.66. The van der Waals surface area contributed by atoms with Gasteiger partial charge >= 0.3 is 0 Å². The molecule has 180 valence electrons. The highest BCUT2D eigenvalue weighted by molar-refractivity contribution is 6.06. The smallest absolute Gasteiger partial charge is 0.254 e. The highest BCUT2D eigenvalue weighted by Gasteiger charge is 2.57. The largest absolute Gasteiger partial charge is 0.366 e. The van der Waals surface area contributed by atoms with Crippen molar-refractivity contribution >= 4 is 17.7 Å². The second-order valence-corrected chi connectivity index (χ2v) is 9.04. The number of piperidine rings is 1. The van der Waals surface area contributed by atoms with E-state index in [-0.39, 0.29) is 28.9 Å². The van der Waals surface area contributed by atoms with Crippen molar-refractivity contribution in [3.63, 3.8) is 0 Å². The van der Waals surface area contributed by atoms with Gasteiger partial charge in [0.2, 0.25) is 11.8 Å². The fraction of sp³-hybridized carbons (Fsp3) is 0.308. The Hall–Kier alpha value is -3.98. The number of primary amides is 1. The lowest BCUT2D eigenvalue weighted by Crippen LogP contribution is -2.48. The molecule has 2 aromatic carbocycles. The number of aromatic amines is 1. The van der Waals surface area contributed by atoms with Crippen molar-refractivity contribution in [2.24, 2.45) is 11.1 Å². The van der Waals surface area contributed by atoms with Crippen LogP contribution in [0.25, 0.3) is 11.1 Å². The van der Waals surface area contributed by atoms with Crippen molar-refractivity contribution in [1.82, 2.24) is 20.4 Å². The first-order chi connectivity index (χ1) is 17.0. The molecule has 9 nitrogen and oxygen atoms in total. The quantitative estimate of drug-likeness (QED) is 0.523. The number of carbonyl (C=O) groups excluding carboxylic acids is 3. The Bertz CT molecular complexity index is 1260. The predicted octanol–water partition coefficient (Wildman–Crippen LogP) is 2.28. The maximum atomic E-state index is 13.4. The zero-order valence-corrected chi connectivity index (χ0v) is 19.4. The number of rotatable bonds is 5. The Labute approximate surface area is 202 Å². The highest BCUT2D eigenvalue weighted by Crippen LogP contribution is 2.52. The second-order valence-electron chi connectivity index (χ2n) is 9.04. The molecule has 3 aromatic rings. The Morgan fingerprint density at radius 1 is 1.09 bits per heavy atom. The number of aromatic nitrogens is 2. The SMILES string of the molecule is COC1NC(=O)C2(CCN(C(=O)c3ccccc3C(N)=O)CC2)C1c1ccccc1-c1cn[nH]c1. The maximum Gasteiger partial charge on any atom is 0.254 e. The third-order valence-corrected chi connectivity index (χ3v) is 7.35. The number of ether oxygens (including phenoxy) is 1. The van der Waals surface area contributed by atoms with Gasteiger partial charge in [-0.25, -0.2) is 0 Å². The van der Waals surface area contributed by atoms with Crippen LogP contribution in [-0.4, -0.2) is 59.2 Å². The van der Waals surface area contributed by atoms with E-state index in [1.807, 2.05) is 30.5 Å². The third-order valence-electron chi connectivity index (χ3n) is 7.35. The molecule has 2 aliphatic heterocycles. The van der Waals surface area contributed by atoms with Gasteiger partial charge in [-0.3, -0.25) is 19.5 Å². The second kappa shape index (κ2) is 8.99. The fourth-order valence-electron chi connectivity index (χ4n) is 5.57. The molecule has 5 rings (SSSR count). The van der Waals surface area contributed by atoms with Gasteiger partial charge in [-0.1, -0.05) is 36.4 Å². The molecule has 9 heteroatoms. The maximum absolute atomic E-state index is 13.4. The van der Waals surface area contributed by atoms with Crippen molar-refractivity contribution in [3.8, 4) is 11.1 Å². The summed E-state index contributed by atoms with van der Waals surface area (Å²) in [6, 6.07) is 14.5. The summed E-state index contributed by atoms with van der Waals surface area (Å²) in [7, 11) is 1.59. The molecule has 2 unspecified atom stereocenters. The first kappa shape index (κ1) is 22.8. The summed E-state index contributed by atoms with van der Waals surface area (Å²) in [5.74, 6) is -1.22. The molecule has 2 saturated heterocycles. The standard InChI is InChI=1S/C26H27N5O4/c1-35-23-21(18-7-3-2-6-17(18)16-14-28-29-15-16)26(25(34)30-23)10-12-31(13-11-26)24(33)20-9-5-4-8-19(20)22(27)32/h2-9,14-15,21,23H,10-13H2,1H3,(H2,27,32)(H,28,29)(H,30,34). The predicted molar refractivity (Wildman–Crippen MR) is 128 cm³/mol. The first-order valence-electron chi connectivity index (χ1n) is 11.6. The number of benzene rings is 2. The number of methoxy groups -OCH3 is 1. The molecule has 0 bridgehead atoms. The summed E-state index contributed by atoms with van der Waals surface area (Å²) in [5, 5.41) is 9.98. The first-order valence-corrected chi connectivity index (χ1v) is 11.6. The summed E-state index contributed by atoms with van der Waals surface area (Å²) in [5.41, 5.74) is 8.13. The van der Waals surface area contributed by atoms with Crippen molar-refractivity contribution in [1.29, 1.82) is 0 Å². The van der Waals surface area contributed by atoms with E-state index in [0.29, 0.717) is 25.9 Å². The molecular weight excluding hydrogens is 446 g/mol. The van der Waals surface area contributed by atoms with Crippen LogP contribution in [-0.2, 0) is 9.53 Å². The molecule has 2 aliphatic rings. The minimum Gasteiger partial charge on any atom is -0.366 e. The van der Waals surface area contributed by atoms with E-state index in [2.05, 4.69) is 15.5 Å². The summed E-state index contributed by atoms with van der Waals surface area (Å²) in [6.45, 7) is 0.750. The number of nitrogens with one attached hydrogen (secondary N) is 2. The molecule has 1 spiro atoms.